The zero-order valence-electron chi connectivity index (χ0n) is 13.6. The summed E-state index contributed by atoms with van der Waals surface area (Å²) in [7, 11) is -0.222. The Morgan fingerprint density at radius 1 is 0.895 bits per heavy atom. The fourth-order valence-electron chi connectivity index (χ4n) is 2.26. The van der Waals surface area contributed by atoms with Crippen LogP contribution in [0.15, 0.2) is 12.1 Å². The molecule has 1 rings (SSSR count). The van der Waals surface area contributed by atoms with Crippen LogP contribution < -0.4 is 0 Å². The van der Waals surface area contributed by atoms with E-state index in [1.54, 1.807) is 0 Å². The molecule has 3 heteroatoms. The zero-order chi connectivity index (χ0) is 14.5. The molecule has 0 amide bonds. The topological polar surface area (TPSA) is 18.5 Å². The van der Waals surface area contributed by atoms with Gasteiger partial charge in [0.25, 0.3) is 0 Å². The van der Waals surface area contributed by atoms with Crippen LogP contribution in [0.5, 0.6) is 0 Å². The van der Waals surface area contributed by atoms with Gasteiger partial charge in [0.2, 0.25) is 0 Å². The molecular formula is C16H31BO2. The molecule has 0 aromatic rings. The lowest BCUT2D eigenvalue weighted by atomic mass is 9.76. The molecule has 0 aliphatic carbocycles. The van der Waals surface area contributed by atoms with Gasteiger partial charge in [-0.2, -0.15) is 0 Å². The maximum atomic E-state index is 6.00. The first-order chi connectivity index (χ1) is 8.80. The highest BCUT2D eigenvalue weighted by atomic mass is 16.7. The normalized spacial score (nSPS) is 20.8. The van der Waals surface area contributed by atoms with Gasteiger partial charge in [0.15, 0.2) is 0 Å². The molecule has 0 unspecified atom stereocenters. The summed E-state index contributed by atoms with van der Waals surface area (Å²) in [4.78, 5) is 0. The molecule has 1 saturated heterocycles. The largest absolute Gasteiger partial charge is 0.489 e. The quantitative estimate of drug-likeness (QED) is 0.458. The summed E-state index contributed by atoms with van der Waals surface area (Å²) in [6, 6.07) is 0. The molecule has 0 aromatic heterocycles. The molecule has 0 bridgehead atoms. The van der Waals surface area contributed by atoms with E-state index in [4.69, 9.17) is 9.31 Å². The molecule has 1 heterocycles. The predicted octanol–water partition coefficient (Wildman–Crippen LogP) is 4.92. The van der Waals surface area contributed by atoms with E-state index < -0.39 is 0 Å². The molecule has 0 aromatic carbocycles. The van der Waals surface area contributed by atoms with Crippen molar-refractivity contribution in [2.75, 3.05) is 0 Å². The van der Waals surface area contributed by atoms with Crippen LogP contribution in [0.1, 0.15) is 79.6 Å². The second kappa shape index (κ2) is 6.94. The predicted molar refractivity (Wildman–Crippen MR) is 83.2 cm³/mol. The van der Waals surface area contributed by atoms with Crippen molar-refractivity contribution in [2.24, 2.45) is 0 Å². The van der Waals surface area contributed by atoms with E-state index in [1.165, 1.54) is 38.5 Å². The van der Waals surface area contributed by atoms with Gasteiger partial charge in [-0.05, 0) is 39.6 Å². The fraction of sp³-hybridized carbons (Fsp3) is 0.875. The van der Waals surface area contributed by atoms with Crippen LogP contribution in [0.2, 0.25) is 0 Å². The van der Waals surface area contributed by atoms with Gasteiger partial charge in [-0.1, -0.05) is 45.4 Å². The first-order valence-corrected chi connectivity index (χ1v) is 7.83. The summed E-state index contributed by atoms with van der Waals surface area (Å²) >= 11 is 0. The molecule has 0 spiro atoms. The molecular weight excluding hydrogens is 235 g/mol. The molecule has 19 heavy (non-hydrogen) atoms. The Labute approximate surface area is 120 Å². The lowest BCUT2D eigenvalue weighted by Crippen LogP contribution is -2.41. The standard InChI is InChI=1S/C16H31BO2/c1-7-8-9-10-11-12-13-14(2)17-18-15(3,4)16(5,6)19-17/h2,7-13H2,1,3-6H3. The van der Waals surface area contributed by atoms with E-state index in [0.29, 0.717) is 0 Å². The second-order valence-electron chi connectivity index (χ2n) is 6.76. The van der Waals surface area contributed by atoms with Crippen LogP contribution in [0.25, 0.3) is 0 Å². The van der Waals surface area contributed by atoms with Crippen molar-refractivity contribution < 1.29 is 9.31 Å². The molecule has 0 saturated carbocycles. The van der Waals surface area contributed by atoms with E-state index in [2.05, 4.69) is 41.2 Å². The summed E-state index contributed by atoms with van der Waals surface area (Å²) in [6.45, 7) is 14.8. The van der Waals surface area contributed by atoms with Gasteiger partial charge in [0.1, 0.15) is 0 Å². The smallest absolute Gasteiger partial charge is 0.400 e. The summed E-state index contributed by atoms with van der Waals surface area (Å²) < 4.78 is 12.0. The summed E-state index contributed by atoms with van der Waals surface area (Å²) in [5.41, 5.74) is 0.595. The highest BCUT2D eigenvalue weighted by Gasteiger charge is 2.51. The first kappa shape index (κ1) is 16.8. The van der Waals surface area contributed by atoms with Crippen LogP contribution in [0, 0.1) is 0 Å². The average Bonchev–Trinajstić information content (AvgIpc) is 2.53. The van der Waals surface area contributed by atoms with E-state index in [-0.39, 0.29) is 18.3 Å². The highest BCUT2D eigenvalue weighted by molar-refractivity contribution is 6.54. The van der Waals surface area contributed by atoms with Crippen LogP contribution in [-0.2, 0) is 9.31 Å². The SMILES string of the molecule is C=C(CCCCCCCC)B1OC(C)(C)C(C)(C)O1. The fourth-order valence-corrected chi connectivity index (χ4v) is 2.26. The van der Waals surface area contributed by atoms with Gasteiger partial charge < -0.3 is 9.31 Å². The van der Waals surface area contributed by atoms with Crippen LogP contribution in [0.3, 0.4) is 0 Å². The minimum Gasteiger partial charge on any atom is -0.400 e. The monoisotopic (exact) mass is 266 g/mol. The Hall–Kier alpha value is -0.275. The summed E-state index contributed by atoms with van der Waals surface area (Å²) in [5, 5.41) is 0. The van der Waals surface area contributed by atoms with E-state index in [9.17, 15) is 0 Å². The number of rotatable bonds is 8. The zero-order valence-corrected chi connectivity index (χ0v) is 13.6. The van der Waals surface area contributed by atoms with E-state index >= 15 is 0 Å². The maximum Gasteiger partial charge on any atom is 0.489 e. The molecule has 0 N–H and O–H groups in total. The van der Waals surface area contributed by atoms with Gasteiger partial charge in [0.05, 0.1) is 11.2 Å². The summed E-state index contributed by atoms with van der Waals surface area (Å²) in [5.74, 6) is 0. The third-order valence-corrected chi connectivity index (χ3v) is 4.44. The molecule has 1 fully saturated rings. The van der Waals surface area contributed by atoms with Crippen molar-refractivity contribution in [3.63, 3.8) is 0 Å². The molecule has 0 radical (unpaired) electrons. The Kier molecular flexibility index (Phi) is 6.13. The van der Waals surface area contributed by atoms with Gasteiger partial charge in [0, 0.05) is 0 Å². The summed E-state index contributed by atoms with van der Waals surface area (Å²) in [6.07, 6.45) is 8.87. The third kappa shape index (κ3) is 4.64. The van der Waals surface area contributed by atoms with Crippen LogP contribution in [0.4, 0.5) is 0 Å². The minimum atomic E-state index is -0.248. The third-order valence-electron chi connectivity index (χ3n) is 4.44. The van der Waals surface area contributed by atoms with E-state index in [1.807, 2.05) is 0 Å². The van der Waals surface area contributed by atoms with Crippen molar-refractivity contribution in [2.45, 2.75) is 90.8 Å². The van der Waals surface area contributed by atoms with Gasteiger partial charge >= 0.3 is 7.12 Å². The van der Waals surface area contributed by atoms with Crippen molar-refractivity contribution >= 4 is 7.12 Å². The first-order valence-electron chi connectivity index (χ1n) is 7.83. The number of hydrogen-bond acceptors (Lipinski definition) is 2. The van der Waals surface area contributed by atoms with Crippen molar-refractivity contribution in [3.8, 4) is 0 Å². The van der Waals surface area contributed by atoms with Crippen molar-refractivity contribution in [1.82, 2.24) is 0 Å². The number of hydrogen-bond donors (Lipinski definition) is 0. The lowest BCUT2D eigenvalue weighted by Gasteiger charge is -2.32. The van der Waals surface area contributed by atoms with Gasteiger partial charge in [-0.15, -0.1) is 6.58 Å². The Balaban J connectivity index is 2.25. The Morgan fingerprint density at radius 3 is 1.89 bits per heavy atom. The molecule has 1 aliphatic heterocycles. The van der Waals surface area contributed by atoms with Gasteiger partial charge in [-0.25, -0.2) is 0 Å². The number of allylic oxidation sites excluding steroid dienone is 1. The molecule has 0 atom stereocenters. The highest BCUT2D eigenvalue weighted by Crippen LogP contribution is 2.38. The molecule has 2 nitrogen and oxygen atoms in total. The van der Waals surface area contributed by atoms with E-state index in [0.717, 1.165) is 11.9 Å². The Bertz CT molecular complexity index is 281. The minimum absolute atomic E-state index is 0.222. The van der Waals surface area contributed by atoms with Crippen molar-refractivity contribution in [3.05, 3.63) is 12.1 Å². The van der Waals surface area contributed by atoms with Gasteiger partial charge in [-0.3, -0.25) is 0 Å². The molecule has 1 aliphatic rings. The average molecular weight is 266 g/mol. The number of unbranched alkanes of at least 4 members (excludes halogenated alkanes) is 5. The maximum absolute atomic E-state index is 6.00. The second-order valence-corrected chi connectivity index (χ2v) is 6.76. The van der Waals surface area contributed by atoms with Crippen LogP contribution in [-0.4, -0.2) is 18.3 Å². The van der Waals surface area contributed by atoms with Crippen molar-refractivity contribution in [1.29, 1.82) is 0 Å². The Morgan fingerprint density at radius 2 is 1.37 bits per heavy atom. The van der Waals surface area contributed by atoms with Crippen LogP contribution >= 0.6 is 0 Å². The lowest BCUT2D eigenvalue weighted by molar-refractivity contribution is 0.00578. The molecule has 110 valence electrons.